The molecule has 1 rings (SSSR count). The van der Waals surface area contributed by atoms with Gasteiger partial charge in [0.25, 0.3) is 0 Å². The van der Waals surface area contributed by atoms with E-state index in [0.29, 0.717) is 0 Å². The van der Waals surface area contributed by atoms with Gasteiger partial charge in [-0.2, -0.15) is 13.2 Å². The fourth-order valence-electron chi connectivity index (χ4n) is 0.580. The van der Waals surface area contributed by atoms with Crippen molar-refractivity contribution in [2.24, 2.45) is 0 Å². The second kappa shape index (κ2) is 2.52. The number of hydrogen-bond acceptors (Lipinski definition) is 3. The average Bonchev–Trinajstić information content (AvgIpc) is 2.10. The Morgan fingerprint density at radius 2 is 2.00 bits per heavy atom. The molecule has 0 aliphatic heterocycles. The Hall–Kier alpha value is -1.07. The van der Waals surface area contributed by atoms with E-state index in [1.165, 1.54) is 6.92 Å². The minimum absolute atomic E-state index is 0.143. The molecule has 0 aliphatic rings. The SMILES string of the molecule is Cc1nnc(CC(F)(F)F)o1. The van der Waals surface area contributed by atoms with Gasteiger partial charge in [0.1, 0.15) is 6.42 Å². The number of alkyl halides is 3. The molecule has 0 aromatic carbocycles. The molecule has 0 saturated carbocycles. The fraction of sp³-hybridized carbons (Fsp3) is 0.600. The zero-order valence-corrected chi connectivity index (χ0v) is 5.64. The Balaban J connectivity index is 2.65. The summed E-state index contributed by atoms with van der Waals surface area (Å²) in [7, 11) is 0. The molecule has 1 aromatic rings. The molecule has 0 unspecified atom stereocenters. The molecule has 0 bridgehead atoms. The van der Waals surface area contributed by atoms with Gasteiger partial charge in [0.2, 0.25) is 11.8 Å². The van der Waals surface area contributed by atoms with Gasteiger partial charge >= 0.3 is 6.18 Å². The third-order valence-corrected chi connectivity index (χ3v) is 0.920. The first-order chi connectivity index (χ1) is 4.97. The summed E-state index contributed by atoms with van der Waals surface area (Å²) in [5.41, 5.74) is 0. The minimum Gasteiger partial charge on any atom is -0.425 e. The minimum atomic E-state index is -4.28. The van der Waals surface area contributed by atoms with Crippen molar-refractivity contribution in [2.45, 2.75) is 19.5 Å². The maximum atomic E-state index is 11.6. The fourth-order valence-corrected chi connectivity index (χ4v) is 0.580. The Labute approximate surface area is 60.2 Å². The summed E-state index contributed by atoms with van der Waals surface area (Å²) in [4.78, 5) is 0. The molecule has 0 saturated heterocycles. The lowest BCUT2D eigenvalue weighted by atomic mass is 10.4. The van der Waals surface area contributed by atoms with Crippen LogP contribution in [-0.2, 0) is 6.42 Å². The third kappa shape index (κ3) is 2.57. The van der Waals surface area contributed by atoms with Crippen LogP contribution in [0.15, 0.2) is 4.42 Å². The van der Waals surface area contributed by atoms with Gasteiger partial charge in [0.15, 0.2) is 0 Å². The van der Waals surface area contributed by atoms with Gasteiger partial charge < -0.3 is 4.42 Å². The van der Waals surface area contributed by atoms with Crippen LogP contribution in [0.25, 0.3) is 0 Å². The van der Waals surface area contributed by atoms with Crippen molar-refractivity contribution in [3.63, 3.8) is 0 Å². The van der Waals surface area contributed by atoms with Crippen LogP contribution in [0.2, 0.25) is 0 Å². The highest BCUT2D eigenvalue weighted by atomic mass is 19.4. The second-order valence-electron chi connectivity index (χ2n) is 2.01. The van der Waals surface area contributed by atoms with Crippen LogP contribution >= 0.6 is 0 Å². The number of nitrogens with zero attached hydrogens (tertiary/aromatic N) is 2. The Kier molecular flexibility index (Phi) is 1.84. The first kappa shape index (κ1) is 8.03. The maximum Gasteiger partial charge on any atom is 0.397 e. The van der Waals surface area contributed by atoms with E-state index in [4.69, 9.17) is 0 Å². The van der Waals surface area contributed by atoms with Crippen molar-refractivity contribution in [1.29, 1.82) is 0 Å². The molecule has 0 aliphatic carbocycles. The molecule has 62 valence electrons. The zero-order valence-electron chi connectivity index (χ0n) is 5.64. The summed E-state index contributed by atoms with van der Waals surface area (Å²) in [6.07, 6.45) is -5.44. The van der Waals surface area contributed by atoms with Gasteiger partial charge in [-0.25, -0.2) is 0 Å². The summed E-state index contributed by atoms with van der Waals surface area (Å²) in [6.45, 7) is 1.44. The highest BCUT2D eigenvalue weighted by Crippen LogP contribution is 2.19. The number of aromatic nitrogens is 2. The quantitative estimate of drug-likeness (QED) is 0.634. The average molecular weight is 166 g/mol. The molecular formula is C5H5F3N2O. The highest BCUT2D eigenvalue weighted by Gasteiger charge is 2.30. The summed E-state index contributed by atoms with van der Waals surface area (Å²) < 4.78 is 39.4. The number of halogens is 3. The van der Waals surface area contributed by atoms with Gasteiger partial charge in [-0.1, -0.05) is 0 Å². The van der Waals surface area contributed by atoms with Gasteiger partial charge in [0.05, 0.1) is 0 Å². The third-order valence-electron chi connectivity index (χ3n) is 0.920. The predicted octanol–water partition coefficient (Wildman–Crippen LogP) is 1.48. The van der Waals surface area contributed by atoms with Gasteiger partial charge in [-0.05, 0) is 0 Å². The number of hydrogen-bond donors (Lipinski definition) is 0. The van der Waals surface area contributed by atoms with E-state index in [1.807, 2.05) is 0 Å². The van der Waals surface area contributed by atoms with Crippen molar-refractivity contribution in [1.82, 2.24) is 10.2 Å². The Morgan fingerprint density at radius 1 is 1.36 bits per heavy atom. The summed E-state index contributed by atoms with van der Waals surface area (Å²) >= 11 is 0. The molecule has 3 nitrogen and oxygen atoms in total. The van der Waals surface area contributed by atoms with Crippen LogP contribution in [-0.4, -0.2) is 16.4 Å². The summed E-state index contributed by atoms with van der Waals surface area (Å²) in [5.74, 6) is -0.251. The van der Waals surface area contributed by atoms with Crippen molar-refractivity contribution in [3.05, 3.63) is 11.8 Å². The van der Waals surface area contributed by atoms with E-state index in [-0.39, 0.29) is 5.89 Å². The predicted molar refractivity (Wildman–Crippen MR) is 28.8 cm³/mol. The van der Waals surface area contributed by atoms with Crippen molar-refractivity contribution >= 4 is 0 Å². The molecule has 6 heteroatoms. The van der Waals surface area contributed by atoms with Crippen LogP contribution < -0.4 is 0 Å². The van der Waals surface area contributed by atoms with Crippen molar-refractivity contribution in [2.75, 3.05) is 0 Å². The topological polar surface area (TPSA) is 38.9 Å². The Bertz CT molecular complexity index is 242. The normalized spacial score (nSPS) is 12.0. The lowest BCUT2D eigenvalue weighted by Gasteiger charge is -1.99. The molecule has 1 heterocycles. The van der Waals surface area contributed by atoms with Crippen LogP contribution in [0.1, 0.15) is 11.8 Å². The van der Waals surface area contributed by atoms with Crippen molar-refractivity contribution in [3.8, 4) is 0 Å². The molecule has 0 atom stereocenters. The van der Waals surface area contributed by atoms with E-state index in [0.717, 1.165) is 0 Å². The molecule has 1 aromatic heterocycles. The molecule has 0 amide bonds. The highest BCUT2D eigenvalue weighted by molar-refractivity contribution is 4.81. The van der Waals surface area contributed by atoms with E-state index in [2.05, 4.69) is 14.6 Å². The summed E-state index contributed by atoms with van der Waals surface area (Å²) in [5, 5.41) is 6.45. The first-order valence-electron chi connectivity index (χ1n) is 2.83. The zero-order chi connectivity index (χ0) is 8.48. The standard InChI is InChI=1S/C5H5F3N2O/c1-3-9-10-4(11-3)2-5(6,7)8/h2H2,1H3. The molecular weight excluding hydrogens is 161 g/mol. The first-order valence-corrected chi connectivity index (χ1v) is 2.83. The van der Waals surface area contributed by atoms with E-state index < -0.39 is 18.5 Å². The molecule has 0 spiro atoms. The molecule has 0 fully saturated rings. The molecule has 0 radical (unpaired) electrons. The van der Waals surface area contributed by atoms with Crippen LogP contribution in [0.3, 0.4) is 0 Å². The van der Waals surface area contributed by atoms with Crippen molar-refractivity contribution < 1.29 is 17.6 Å². The second-order valence-corrected chi connectivity index (χ2v) is 2.01. The van der Waals surface area contributed by atoms with Gasteiger partial charge in [-0.15, -0.1) is 10.2 Å². The van der Waals surface area contributed by atoms with E-state index in [9.17, 15) is 13.2 Å². The van der Waals surface area contributed by atoms with Crippen LogP contribution in [0, 0.1) is 6.92 Å². The van der Waals surface area contributed by atoms with Crippen LogP contribution in [0.4, 0.5) is 13.2 Å². The lowest BCUT2D eigenvalue weighted by Crippen LogP contribution is -2.11. The van der Waals surface area contributed by atoms with Gasteiger partial charge in [-0.3, -0.25) is 0 Å². The summed E-state index contributed by atoms with van der Waals surface area (Å²) in [6, 6.07) is 0. The van der Waals surface area contributed by atoms with Gasteiger partial charge in [0, 0.05) is 6.92 Å². The smallest absolute Gasteiger partial charge is 0.397 e. The molecule has 11 heavy (non-hydrogen) atoms. The number of aryl methyl sites for hydroxylation is 1. The van der Waals surface area contributed by atoms with E-state index in [1.54, 1.807) is 0 Å². The monoisotopic (exact) mass is 166 g/mol. The van der Waals surface area contributed by atoms with E-state index >= 15 is 0 Å². The maximum absolute atomic E-state index is 11.6. The molecule has 0 N–H and O–H groups in total. The number of rotatable bonds is 1. The van der Waals surface area contributed by atoms with Crippen LogP contribution in [0.5, 0.6) is 0 Å². The largest absolute Gasteiger partial charge is 0.425 e. The lowest BCUT2D eigenvalue weighted by molar-refractivity contribution is -0.130. The Morgan fingerprint density at radius 3 is 2.36 bits per heavy atom.